The fraction of sp³-hybridized carbons (Fsp3) is 0.667. The minimum atomic E-state index is -0.724. The monoisotopic (exact) mass is 224 g/mol. The zero-order chi connectivity index (χ0) is 12.2. The molecule has 4 heteroatoms. The highest BCUT2D eigenvalue weighted by Gasteiger charge is 2.32. The van der Waals surface area contributed by atoms with Crippen LogP contribution in [0.3, 0.4) is 0 Å². The lowest BCUT2D eigenvalue weighted by Gasteiger charge is -2.23. The number of aromatic nitrogens is 2. The van der Waals surface area contributed by atoms with Crippen LogP contribution in [-0.2, 0) is 17.8 Å². The third-order valence-corrected chi connectivity index (χ3v) is 2.92. The standard InChI is InChI=1S/C12H20N2O2/c1-4-6-12(3,11(15)16)7-10-8-13-14(5-2)9-10/h8-9H,4-7H2,1-3H3,(H,15,16). The minimum Gasteiger partial charge on any atom is -0.481 e. The first-order chi connectivity index (χ1) is 7.51. The average Bonchev–Trinajstić information content (AvgIpc) is 2.65. The predicted molar refractivity (Wildman–Crippen MR) is 62.3 cm³/mol. The maximum Gasteiger partial charge on any atom is 0.309 e. The molecule has 0 bridgehead atoms. The molecule has 0 aromatic carbocycles. The fourth-order valence-corrected chi connectivity index (χ4v) is 1.94. The van der Waals surface area contributed by atoms with Gasteiger partial charge in [0.05, 0.1) is 11.6 Å². The molecule has 1 rings (SSSR count). The summed E-state index contributed by atoms with van der Waals surface area (Å²) in [6.07, 6.45) is 5.82. The van der Waals surface area contributed by atoms with E-state index in [-0.39, 0.29) is 0 Å². The molecule has 0 spiro atoms. The zero-order valence-corrected chi connectivity index (χ0v) is 10.2. The number of aliphatic carboxylic acids is 1. The summed E-state index contributed by atoms with van der Waals surface area (Å²) in [5, 5.41) is 13.4. The quantitative estimate of drug-likeness (QED) is 0.806. The Balaban J connectivity index is 2.79. The molecule has 90 valence electrons. The number of rotatable bonds is 6. The van der Waals surface area contributed by atoms with Crippen molar-refractivity contribution in [3.63, 3.8) is 0 Å². The van der Waals surface area contributed by atoms with E-state index in [0.29, 0.717) is 12.8 Å². The average molecular weight is 224 g/mol. The van der Waals surface area contributed by atoms with Crippen LogP contribution in [0.5, 0.6) is 0 Å². The smallest absolute Gasteiger partial charge is 0.309 e. The van der Waals surface area contributed by atoms with Crippen LogP contribution in [0, 0.1) is 5.41 Å². The molecule has 4 nitrogen and oxygen atoms in total. The Morgan fingerprint density at radius 2 is 2.25 bits per heavy atom. The number of nitrogens with zero attached hydrogens (tertiary/aromatic N) is 2. The van der Waals surface area contributed by atoms with E-state index in [1.54, 1.807) is 6.20 Å². The summed E-state index contributed by atoms with van der Waals surface area (Å²) < 4.78 is 1.82. The van der Waals surface area contributed by atoms with Gasteiger partial charge in [-0.25, -0.2) is 0 Å². The molecule has 1 heterocycles. The van der Waals surface area contributed by atoms with Crippen molar-refractivity contribution in [1.29, 1.82) is 0 Å². The van der Waals surface area contributed by atoms with Crippen molar-refractivity contribution in [3.8, 4) is 0 Å². The highest BCUT2D eigenvalue weighted by atomic mass is 16.4. The SMILES string of the molecule is CCCC(C)(Cc1cnn(CC)c1)C(=O)O. The Bertz CT molecular complexity index is 360. The molecular formula is C12H20N2O2. The van der Waals surface area contributed by atoms with Crippen molar-refractivity contribution in [2.24, 2.45) is 5.41 Å². The summed E-state index contributed by atoms with van der Waals surface area (Å²) in [6.45, 7) is 6.65. The number of carboxylic acid groups (broad SMARTS) is 1. The molecule has 1 unspecified atom stereocenters. The highest BCUT2D eigenvalue weighted by molar-refractivity contribution is 5.74. The maximum atomic E-state index is 11.3. The summed E-state index contributed by atoms with van der Waals surface area (Å²) in [4.78, 5) is 11.3. The molecule has 1 atom stereocenters. The first-order valence-corrected chi connectivity index (χ1v) is 5.76. The Morgan fingerprint density at radius 1 is 1.56 bits per heavy atom. The third kappa shape index (κ3) is 2.84. The number of aryl methyl sites for hydroxylation is 1. The second-order valence-corrected chi connectivity index (χ2v) is 4.50. The normalized spacial score (nSPS) is 14.7. The summed E-state index contributed by atoms with van der Waals surface area (Å²) >= 11 is 0. The summed E-state index contributed by atoms with van der Waals surface area (Å²) in [5.74, 6) is -0.724. The van der Waals surface area contributed by atoms with Crippen LogP contribution in [0.1, 0.15) is 39.2 Å². The van der Waals surface area contributed by atoms with Crippen LogP contribution in [0.4, 0.5) is 0 Å². The Kier molecular flexibility index (Phi) is 4.10. The van der Waals surface area contributed by atoms with E-state index < -0.39 is 11.4 Å². The largest absolute Gasteiger partial charge is 0.481 e. The lowest BCUT2D eigenvalue weighted by Crippen LogP contribution is -2.29. The Morgan fingerprint density at radius 3 is 2.69 bits per heavy atom. The zero-order valence-electron chi connectivity index (χ0n) is 10.2. The maximum absolute atomic E-state index is 11.3. The van der Waals surface area contributed by atoms with Gasteiger partial charge in [0.1, 0.15) is 0 Å². The van der Waals surface area contributed by atoms with E-state index in [2.05, 4.69) is 5.10 Å². The van der Waals surface area contributed by atoms with Gasteiger partial charge in [-0.2, -0.15) is 5.10 Å². The third-order valence-electron chi connectivity index (χ3n) is 2.92. The van der Waals surface area contributed by atoms with Crippen molar-refractivity contribution >= 4 is 5.97 Å². The predicted octanol–water partition coefficient (Wildman–Crippen LogP) is 2.34. The van der Waals surface area contributed by atoms with Gasteiger partial charge in [-0.1, -0.05) is 13.3 Å². The molecule has 0 aliphatic rings. The summed E-state index contributed by atoms with van der Waals surface area (Å²) in [7, 11) is 0. The van der Waals surface area contributed by atoms with Gasteiger partial charge in [0, 0.05) is 12.7 Å². The van der Waals surface area contributed by atoms with Gasteiger partial charge in [-0.3, -0.25) is 9.48 Å². The van der Waals surface area contributed by atoms with Crippen LogP contribution in [0.2, 0.25) is 0 Å². The molecule has 16 heavy (non-hydrogen) atoms. The van der Waals surface area contributed by atoms with E-state index in [1.807, 2.05) is 31.6 Å². The molecule has 0 saturated heterocycles. The van der Waals surface area contributed by atoms with Gasteiger partial charge >= 0.3 is 5.97 Å². The van der Waals surface area contributed by atoms with Crippen molar-refractivity contribution in [1.82, 2.24) is 9.78 Å². The van der Waals surface area contributed by atoms with Crippen LogP contribution in [0.15, 0.2) is 12.4 Å². The second-order valence-electron chi connectivity index (χ2n) is 4.50. The van der Waals surface area contributed by atoms with Gasteiger partial charge in [0.2, 0.25) is 0 Å². The summed E-state index contributed by atoms with van der Waals surface area (Å²) in [6, 6.07) is 0. The molecule has 0 aliphatic heterocycles. The van der Waals surface area contributed by atoms with Crippen molar-refractivity contribution < 1.29 is 9.90 Å². The van der Waals surface area contributed by atoms with Gasteiger partial charge in [-0.05, 0) is 32.3 Å². The first kappa shape index (κ1) is 12.7. The van der Waals surface area contributed by atoms with E-state index >= 15 is 0 Å². The molecular weight excluding hydrogens is 204 g/mol. The fourth-order valence-electron chi connectivity index (χ4n) is 1.94. The molecule has 1 aromatic rings. The van der Waals surface area contributed by atoms with Gasteiger partial charge in [-0.15, -0.1) is 0 Å². The lowest BCUT2D eigenvalue weighted by molar-refractivity contribution is -0.148. The second kappa shape index (κ2) is 5.14. The minimum absolute atomic E-state index is 0.552. The van der Waals surface area contributed by atoms with E-state index in [9.17, 15) is 9.90 Å². The molecule has 1 N–H and O–H groups in total. The number of carboxylic acids is 1. The van der Waals surface area contributed by atoms with Crippen molar-refractivity contribution in [2.75, 3.05) is 0 Å². The van der Waals surface area contributed by atoms with E-state index in [1.165, 1.54) is 0 Å². The molecule has 0 amide bonds. The Labute approximate surface area is 96.3 Å². The van der Waals surface area contributed by atoms with Crippen molar-refractivity contribution in [3.05, 3.63) is 18.0 Å². The van der Waals surface area contributed by atoms with E-state index in [4.69, 9.17) is 0 Å². The first-order valence-electron chi connectivity index (χ1n) is 5.76. The van der Waals surface area contributed by atoms with Gasteiger partial charge < -0.3 is 5.11 Å². The number of carbonyl (C=O) groups is 1. The molecule has 0 saturated carbocycles. The highest BCUT2D eigenvalue weighted by Crippen LogP contribution is 2.28. The number of hydrogen-bond donors (Lipinski definition) is 1. The van der Waals surface area contributed by atoms with E-state index in [0.717, 1.165) is 18.5 Å². The van der Waals surface area contributed by atoms with Crippen LogP contribution >= 0.6 is 0 Å². The van der Waals surface area contributed by atoms with Crippen LogP contribution in [-0.4, -0.2) is 20.9 Å². The number of hydrogen-bond acceptors (Lipinski definition) is 2. The Hall–Kier alpha value is -1.32. The molecule has 0 fully saturated rings. The van der Waals surface area contributed by atoms with Crippen LogP contribution in [0.25, 0.3) is 0 Å². The molecule has 0 radical (unpaired) electrons. The van der Waals surface area contributed by atoms with Gasteiger partial charge in [0.25, 0.3) is 0 Å². The molecule has 0 aliphatic carbocycles. The van der Waals surface area contributed by atoms with Crippen LogP contribution < -0.4 is 0 Å². The van der Waals surface area contributed by atoms with Gasteiger partial charge in [0.15, 0.2) is 0 Å². The lowest BCUT2D eigenvalue weighted by atomic mass is 9.80. The topological polar surface area (TPSA) is 55.1 Å². The van der Waals surface area contributed by atoms with Crippen molar-refractivity contribution in [2.45, 2.75) is 46.6 Å². The summed E-state index contributed by atoms with van der Waals surface area (Å²) in [5.41, 5.74) is 0.330. The molecule has 1 aromatic heterocycles.